The van der Waals surface area contributed by atoms with Crippen LogP contribution in [0.5, 0.6) is 0 Å². The Bertz CT molecular complexity index is 244. The van der Waals surface area contributed by atoms with Gasteiger partial charge in [-0.05, 0) is 6.42 Å². The molecule has 60 valence electrons. The van der Waals surface area contributed by atoms with Gasteiger partial charge in [0.15, 0.2) is 0 Å². The van der Waals surface area contributed by atoms with Crippen molar-refractivity contribution in [2.75, 3.05) is 0 Å². The molecule has 1 N–H and O–H groups in total. The highest BCUT2D eigenvalue weighted by molar-refractivity contribution is 9.14. The van der Waals surface area contributed by atoms with Crippen molar-refractivity contribution in [3.05, 3.63) is 21.1 Å². The lowest BCUT2D eigenvalue weighted by Gasteiger charge is -2.25. The maximum Gasteiger partial charge on any atom is 0.0925 e. The number of rotatable bonds is 0. The van der Waals surface area contributed by atoms with E-state index in [-0.39, 0.29) is 6.10 Å². The van der Waals surface area contributed by atoms with Gasteiger partial charge in [0, 0.05) is 20.8 Å². The Morgan fingerprint density at radius 1 is 1.27 bits per heavy atom. The maximum atomic E-state index is 9.65. The van der Waals surface area contributed by atoms with Crippen LogP contribution in [0.4, 0.5) is 0 Å². The van der Waals surface area contributed by atoms with Crippen LogP contribution in [-0.4, -0.2) is 11.2 Å². The number of hydrogen-bond donors (Lipinski definition) is 1. The SMILES string of the molecule is O[C@H]1C(Br)=C(Br)[C@H]2C=C[C@@H]1C2. The molecule has 0 spiro atoms. The summed E-state index contributed by atoms with van der Waals surface area (Å²) in [4.78, 5) is 0. The monoisotopic (exact) mass is 278 g/mol. The summed E-state index contributed by atoms with van der Waals surface area (Å²) in [6.45, 7) is 0. The van der Waals surface area contributed by atoms with Gasteiger partial charge >= 0.3 is 0 Å². The van der Waals surface area contributed by atoms with E-state index in [1.807, 2.05) is 0 Å². The van der Waals surface area contributed by atoms with Crippen LogP contribution in [0.15, 0.2) is 21.1 Å². The van der Waals surface area contributed by atoms with Gasteiger partial charge in [0.05, 0.1) is 6.10 Å². The van der Waals surface area contributed by atoms with Crippen LogP contribution in [0.25, 0.3) is 0 Å². The Labute approximate surface area is 82.4 Å². The van der Waals surface area contributed by atoms with Crippen molar-refractivity contribution in [1.82, 2.24) is 0 Å². The minimum Gasteiger partial charge on any atom is -0.387 e. The van der Waals surface area contributed by atoms with Crippen molar-refractivity contribution in [2.45, 2.75) is 12.5 Å². The lowest BCUT2D eigenvalue weighted by molar-refractivity contribution is 0.162. The van der Waals surface area contributed by atoms with Crippen LogP contribution < -0.4 is 0 Å². The molecule has 2 rings (SSSR count). The van der Waals surface area contributed by atoms with Gasteiger partial charge in [-0.3, -0.25) is 0 Å². The van der Waals surface area contributed by atoms with Gasteiger partial charge in [0.25, 0.3) is 0 Å². The van der Waals surface area contributed by atoms with E-state index >= 15 is 0 Å². The first-order valence-corrected chi connectivity index (χ1v) is 5.20. The predicted octanol–water partition coefficient (Wildman–Crippen LogP) is 2.55. The first-order valence-electron chi connectivity index (χ1n) is 3.61. The van der Waals surface area contributed by atoms with Crippen LogP contribution in [0.1, 0.15) is 6.42 Å². The third-order valence-electron chi connectivity index (χ3n) is 2.34. The van der Waals surface area contributed by atoms with E-state index in [0.717, 1.165) is 15.4 Å². The minimum atomic E-state index is -0.334. The summed E-state index contributed by atoms with van der Waals surface area (Å²) >= 11 is 6.85. The van der Waals surface area contributed by atoms with Crippen molar-refractivity contribution in [2.24, 2.45) is 11.8 Å². The Kier molecular flexibility index (Phi) is 1.98. The van der Waals surface area contributed by atoms with Gasteiger partial charge in [-0.2, -0.15) is 0 Å². The van der Waals surface area contributed by atoms with Gasteiger partial charge < -0.3 is 5.11 Å². The molecule has 0 aromatic heterocycles. The molecule has 0 heterocycles. The van der Waals surface area contributed by atoms with Gasteiger partial charge in [-0.15, -0.1) is 0 Å². The second-order valence-electron chi connectivity index (χ2n) is 3.03. The number of fused-ring (bicyclic) bond motifs is 2. The fourth-order valence-corrected chi connectivity index (χ4v) is 2.86. The Balaban J connectivity index is 2.41. The standard InChI is InChI=1S/C8H8Br2O/c9-6-4-1-2-5(3-4)8(11)7(6)10/h1-2,4-5,8,11H,3H2/t4-,5+,8+/m0/s1. The smallest absolute Gasteiger partial charge is 0.0925 e. The number of aliphatic hydroxyl groups excluding tert-OH is 1. The highest BCUT2D eigenvalue weighted by atomic mass is 79.9. The van der Waals surface area contributed by atoms with Crippen molar-refractivity contribution in [1.29, 1.82) is 0 Å². The molecule has 2 bridgehead atoms. The molecule has 0 saturated carbocycles. The average Bonchev–Trinajstić information content (AvgIpc) is 2.44. The molecule has 0 fully saturated rings. The first-order chi connectivity index (χ1) is 5.20. The van der Waals surface area contributed by atoms with E-state index in [9.17, 15) is 5.11 Å². The lowest BCUT2D eigenvalue weighted by atomic mass is 9.92. The van der Waals surface area contributed by atoms with Gasteiger partial charge in [0.2, 0.25) is 0 Å². The molecular weight excluding hydrogens is 272 g/mol. The molecule has 3 heteroatoms. The highest BCUT2D eigenvalue weighted by Crippen LogP contribution is 2.45. The van der Waals surface area contributed by atoms with E-state index < -0.39 is 0 Å². The summed E-state index contributed by atoms with van der Waals surface area (Å²) in [6.07, 6.45) is 4.98. The van der Waals surface area contributed by atoms with Crippen LogP contribution in [-0.2, 0) is 0 Å². The van der Waals surface area contributed by atoms with Gasteiger partial charge in [0.1, 0.15) is 0 Å². The molecule has 0 radical (unpaired) electrons. The molecular formula is C8H8Br2O. The summed E-state index contributed by atoms with van der Waals surface area (Å²) < 4.78 is 2.03. The zero-order valence-electron chi connectivity index (χ0n) is 5.80. The quantitative estimate of drug-likeness (QED) is 0.676. The molecule has 0 aromatic rings. The summed E-state index contributed by atoms with van der Waals surface area (Å²) in [5.74, 6) is 0.827. The molecule has 2 aliphatic carbocycles. The maximum absolute atomic E-state index is 9.65. The van der Waals surface area contributed by atoms with Gasteiger partial charge in [-0.1, -0.05) is 44.0 Å². The molecule has 3 atom stereocenters. The topological polar surface area (TPSA) is 20.2 Å². The molecule has 0 saturated heterocycles. The van der Waals surface area contributed by atoms with E-state index in [1.165, 1.54) is 0 Å². The molecule has 0 unspecified atom stereocenters. The molecule has 0 aromatic carbocycles. The largest absolute Gasteiger partial charge is 0.387 e. The minimum absolute atomic E-state index is 0.329. The lowest BCUT2D eigenvalue weighted by Crippen LogP contribution is -2.23. The van der Waals surface area contributed by atoms with E-state index in [1.54, 1.807) is 0 Å². The molecule has 11 heavy (non-hydrogen) atoms. The molecule has 0 aliphatic heterocycles. The van der Waals surface area contributed by atoms with Crippen molar-refractivity contribution < 1.29 is 5.11 Å². The van der Waals surface area contributed by atoms with Crippen LogP contribution in [0.2, 0.25) is 0 Å². The summed E-state index contributed by atoms with van der Waals surface area (Å²) in [5, 5.41) is 9.65. The zero-order valence-corrected chi connectivity index (χ0v) is 8.97. The second-order valence-corrected chi connectivity index (χ2v) is 4.74. The van der Waals surface area contributed by atoms with Crippen molar-refractivity contribution >= 4 is 31.9 Å². The van der Waals surface area contributed by atoms with Crippen molar-refractivity contribution in [3.8, 4) is 0 Å². The first kappa shape index (κ1) is 8.02. The van der Waals surface area contributed by atoms with Crippen LogP contribution in [0.3, 0.4) is 0 Å². The Morgan fingerprint density at radius 3 is 2.73 bits per heavy atom. The molecule has 1 nitrogen and oxygen atoms in total. The number of aliphatic hydroxyl groups is 1. The average molecular weight is 280 g/mol. The summed E-state index contributed by atoms with van der Waals surface area (Å²) in [5.41, 5.74) is 0. The third-order valence-corrected chi connectivity index (χ3v) is 4.78. The normalized spacial score (nSPS) is 41.9. The number of allylic oxidation sites excluding steroid dienone is 2. The number of hydrogen-bond acceptors (Lipinski definition) is 1. The molecule has 2 aliphatic rings. The number of halogens is 2. The van der Waals surface area contributed by atoms with E-state index in [0.29, 0.717) is 11.8 Å². The summed E-state index contributed by atoms with van der Waals surface area (Å²) in [6, 6.07) is 0. The van der Waals surface area contributed by atoms with Crippen LogP contribution in [0, 0.1) is 11.8 Å². The fraction of sp³-hybridized carbons (Fsp3) is 0.500. The summed E-state index contributed by atoms with van der Waals surface area (Å²) in [7, 11) is 0. The zero-order chi connectivity index (χ0) is 8.01. The van der Waals surface area contributed by atoms with Gasteiger partial charge in [-0.25, -0.2) is 0 Å². The van der Waals surface area contributed by atoms with E-state index in [2.05, 4.69) is 44.0 Å². The second kappa shape index (κ2) is 2.71. The van der Waals surface area contributed by atoms with E-state index in [4.69, 9.17) is 0 Å². The van der Waals surface area contributed by atoms with Crippen molar-refractivity contribution in [3.63, 3.8) is 0 Å². The molecule has 0 amide bonds. The third kappa shape index (κ3) is 1.14. The predicted molar refractivity (Wildman–Crippen MR) is 51.6 cm³/mol. The Hall–Kier alpha value is 0.400. The Morgan fingerprint density at radius 2 is 2.00 bits per heavy atom. The fourth-order valence-electron chi connectivity index (χ4n) is 1.66. The van der Waals surface area contributed by atoms with Crippen LogP contribution >= 0.6 is 31.9 Å². The highest BCUT2D eigenvalue weighted by Gasteiger charge is 2.35.